The van der Waals surface area contributed by atoms with E-state index in [4.69, 9.17) is 5.26 Å². The zero-order chi connectivity index (χ0) is 13.8. The molecule has 4 heteroatoms. The molecule has 96 valence electrons. The molecule has 19 heavy (non-hydrogen) atoms. The van der Waals surface area contributed by atoms with E-state index in [9.17, 15) is 8.78 Å². The van der Waals surface area contributed by atoms with Crippen LogP contribution in [0.3, 0.4) is 0 Å². The third-order valence-corrected chi connectivity index (χ3v) is 2.76. The summed E-state index contributed by atoms with van der Waals surface area (Å²) in [5.74, 6) is -1.25. The Labute approximate surface area is 110 Å². The van der Waals surface area contributed by atoms with Gasteiger partial charge in [0.15, 0.2) is 0 Å². The van der Waals surface area contributed by atoms with Gasteiger partial charge in [0.25, 0.3) is 0 Å². The Kier molecular flexibility index (Phi) is 3.76. The van der Waals surface area contributed by atoms with Gasteiger partial charge in [0.2, 0.25) is 0 Å². The van der Waals surface area contributed by atoms with Crippen LogP contribution in [0.2, 0.25) is 0 Å². The molecule has 0 aliphatic heterocycles. The SMILES string of the molecule is CC(Nc1cc(F)cc(F)c1)c1cccc(C#N)c1. The molecular weight excluding hydrogens is 246 g/mol. The van der Waals surface area contributed by atoms with Gasteiger partial charge in [-0.2, -0.15) is 5.26 Å². The van der Waals surface area contributed by atoms with Crippen LogP contribution in [0.1, 0.15) is 24.1 Å². The summed E-state index contributed by atoms with van der Waals surface area (Å²) in [5, 5.41) is 11.8. The van der Waals surface area contributed by atoms with Crippen molar-refractivity contribution in [3.63, 3.8) is 0 Å². The van der Waals surface area contributed by atoms with E-state index in [0.29, 0.717) is 11.3 Å². The average Bonchev–Trinajstić information content (AvgIpc) is 2.37. The second-order valence-electron chi connectivity index (χ2n) is 4.26. The summed E-state index contributed by atoms with van der Waals surface area (Å²) in [4.78, 5) is 0. The van der Waals surface area contributed by atoms with E-state index < -0.39 is 11.6 Å². The van der Waals surface area contributed by atoms with Gasteiger partial charge in [-0.3, -0.25) is 0 Å². The Morgan fingerprint density at radius 1 is 1.11 bits per heavy atom. The van der Waals surface area contributed by atoms with E-state index >= 15 is 0 Å². The highest BCUT2D eigenvalue weighted by atomic mass is 19.1. The van der Waals surface area contributed by atoms with Gasteiger partial charge < -0.3 is 5.32 Å². The average molecular weight is 258 g/mol. The topological polar surface area (TPSA) is 35.8 Å². The zero-order valence-electron chi connectivity index (χ0n) is 10.3. The lowest BCUT2D eigenvalue weighted by Gasteiger charge is -2.16. The minimum Gasteiger partial charge on any atom is -0.378 e. The lowest BCUT2D eigenvalue weighted by Crippen LogP contribution is -2.07. The van der Waals surface area contributed by atoms with Crippen molar-refractivity contribution in [3.05, 3.63) is 65.2 Å². The molecule has 0 spiro atoms. The number of hydrogen-bond donors (Lipinski definition) is 1. The molecule has 2 nitrogen and oxygen atoms in total. The lowest BCUT2D eigenvalue weighted by molar-refractivity contribution is 0.583. The van der Waals surface area contributed by atoms with Gasteiger partial charge in [0.05, 0.1) is 11.6 Å². The van der Waals surface area contributed by atoms with Crippen LogP contribution in [0.25, 0.3) is 0 Å². The Hall–Kier alpha value is -2.41. The summed E-state index contributed by atoms with van der Waals surface area (Å²) in [6.45, 7) is 1.86. The molecule has 0 radical (unpaired) electrons. The van der Waals surface area contributed by atoms with Crippen LogP contribution in [-0.2, 0) is 0 Å². The maximum Gasteiger partial charge on any atom is 0.128 e. The molecular formula is C15H12F2N2. The highest BCUT2D eigenvalue weighted by molar-refractivity contribution is 5.46. The molecule has 0 aliphatic carbocycles. The number of nitrogens with one attached hydrogen (secondary N) is 1. The minimum atomic E-state index is -0.625. The van der Waals surface area contributed by atoms with Gasteiger partial charge in [0.1, 0.15) is 11.6 Å². The van der Waals surface area contributed by atoms with Crippen molar-refractivity contribution in [3.8, 4) is 6.07 Å². The second-order valence-corrected chi connectivity index (χ2v) is 4.26. The summed E-state index contributed by atoms with van der Waals surface area (Å²) in [7, 11) is 0. The summed E-state index contributed by atoms with van der Waals surface area (Å²) >= 11 is 0. The third-order valence-electron chi connectivity index (χ3n) is 2.76. The quantitative estimate of drug-likeness (QED) is 0.902. The monoisotopic (exact) mass is 258 g/mol. The maximum atomic E-state index is 13.1. The summed E-state index contributed by atoms with van der Waals surface area (Å²) in [5.41, 5.74) is 1.80. The van der Waals surface area contributed by atoms with Crippen molar-refractivity contribution in [1.29, 1.82) is 5.26 Å². The minimum absolute atomic E-state index is 0.158. The first-order valence-electron chi connectivity index (χ1n) is 5.81. The number of benzene rings is 2. The predicted octanol–water partition coefficient (Wildman–Crippen LogP) is 4.01. The molecule has 0 saturated heterocycles. The molecule has 0 saturated carbocycles. The number of rotatable bonds is 3. The van der Waals surface area contributed by atoms with Gasteiger partial charge in [0, 0.05) is 17.8 Å². The zero-order valence-corrected chi connectivity index (χ0v) is 10.3. The molecule has 2 aromatic carbocycles. The van der Waals surface area contributed by atoms with Crippen LogP contribution in [-0.4, -0.2) is 0 Å². The molecule has 0 aliphatic rings. The van der Waals surface area contributed by atoms with Crippen molar-refractivity contribution in [2.75, 3.05) is 5.32 Å². The first-order valence-corrected chi connectivity index (χ1v) is 5.81. The fourth-order valence-corrected chi connectivity index (χ4v) is 1.85. The van der Waals surface area contributed by atoms with Crippen LogP contribution in [0.4, 0.5) is 14.5 Å². The fourth-order valence-electron chi connectivity index (χ4n) is 1.85. The van der Waals surface area contributed by atoms with E-state index in [1.807, 2.05) is 13.0 Å². The van der Waals surface area contributed by atoms with Crippen molar-refractivity contribution in [2.24, 2.45) is 0 Å². The van der Waals surface area contributed by atoms with Crippen LogP contribution >= 0.6 is 0 Å². The standard InChI is InChI=1S/C15H12F2N2/c1-10(12-4-2-3-11(5-12)9-18)19-15-7-13(16)6-14(17)8-15/h2-8,10,19H,1H3. The van der Waals surface area contributed by atoms with Gasteiger partial charge in [-0.1, -0.05) is 12.1 Å². The first-order chi connectivity index (χ1) is 9.08. The highest BCUT2D eigenvalue weighted by Crippen LogP contribution is 2.21. The normalized spacial score (nSPS) is 11.7. The summed E-state index contributed by atoms with van der Waals surface area (Å²) in [6, 6.07) is 12.3. The Bertz CT molecular complexity index is 612. The van der Waals surface area contributed by atoms with Crippen molar-refractivity contribution in [2.45, 2.75) is 13.0 Å². The van der Waals surface area contributed by atoms with Crippen molar-refractivity contribution in [1.82, 2.24) is 0 Å². The summed E-state index contributed by atoms with van der Waals surface area (Å²) in [6.07, 6.45) is 0. The first kappa shape index (κ1) is 13.0. The molecule has 0 heterocycles. The lowest BCUT2D eigenvalue weighted by atomic mass is 10.1. The van der Waals surface area contributed by atoms with Crippen LogP contribution in [0.15, 0.2) is 42.5 Å². The van der Waals surface area contributed by atoms with Crippen LogP contribution in [0.5, 0.6) is 0 Å². The molecule has 2 aromatic rings. The maximum absolute atomic E-state index is 13.1. The number of nitrogens with zero attached hydrogens (tertiary/aromatic N) is 1. The van der Waals surface area contributed by atoms with Gasteiger partial charge in [-0.05, 0) is 36.8 Å². The molecule has 0 amide bonds. The van der Waals surface area contributed by atoms with E-state index in [1.54, 1.807) is 18.2 Å². The Morgan fingerprint density at radius 3 is 2.42 bits per heavy atom. The van der Waals surface area contributed by atoms with E-state index in [-0.39, 0.29) is 6.04 Å². The number of halogens is 2. The molecule has 1 unspecified atom stereocenters. The van der Waals surface area contributed by atoms with Crippen molar-refractivity contribution >= 4 is 5.69 Å². The third kappa shape index (κ3) is 3.29. The second kappa shape index (κ2) is 5.49. The molecule has 0 aromatic heterocycles. The van der Waals surface area contributed by atoms with E-state index in [1.165, 1.54) is 12.1 Å². The van der Waals surface area contributed by atoms with Gasteiger partial charge in [-0.15, -0.1) is 0 Å². The van der Waals surface area contributed by atoms with Gasteiger partial charge in [-0.25, -0.2) is 8.78 Å². The number of nitriles is 1. The molecule has 0 fully saturated rings. The van der Waals surface area contributed by atoms with Crippen LogP contribution < -0.4 is 5.32 Å². The number of anilines is 1. The summed E-state index contributed by atoms with van der Waals surface area (Å²) < 4.78 is 26.2. The van der Waals surface area contributed by atoms with Crippen molar-refractivity contribution < 1.29 is 8.78 Å². The Balaban J connectivity index is 2.20. The largest absolute Gasteiger partial charge is 0.378 e. The Morgan fingerprint density at radius 2 is 1.79 bits per heavy atom. The van der Waals surface area contributed by atoms with E-state index in [2.05, 4.69) is 11.4 Å². The smallest absolute Gasteiger partial charge is 0.128 e. The van der Waals surface area contributed by atoms with Crippen LogP contribution in [0, 0.1) is 23.0 Å². The molecule has 1 atom stereocenters. The fraction of sp³-hybridized carbons (Fsp3) is 0.133. The molecule has 2 rings (SSSR count). The highest BCUT2D eigenvalue weighted by Gasteiger charge is 2.08. The predicted molar refractivity (Wildman–Crippen MR) is 69.6 cm³/mol. The van der Waals surface area contributed by atoms with Gasteiger partial charge >= 0.3 is 0 Å². The van der Waals surface area contributed by atoms with E-state index in [0.717, 1.165) is 11.6 Å². The number of hydrogen-bond acceptors (Lipinski definition) is 2. The molecule has 0 bridgehead atoms. The molecule has 1 N–H and O–H groups in total.